The van der Waals surface area contributed by atoms with E-state index in [0.29, 0.717) is 0 Å². The Labute approximate surface area is 69.9 Å². The van der Waals surface area contributed by atoms with Gasteiger partial charge in [0, 0.05) is 0 Å². The molecule has 0 aromatic carbocycles. The van der Waals surface area contributed by atoms with Crippen molar-refractivity contribution in [2.24, 2.45) is 11.8 Å². The third-order valence-electron chi connectivity index (χ3n) is 2.80. The highest BCUT2D eigenvalue weighted by Gasteiger charge is 2.35. The summed E-state index contributed by atoms with van der Waals surface area (Å²) >= 11 is 2.40. The van der Waals surface area contributed by atoms with Crippen LogP contribution in [0, 0.1) is 11.8 Å². The van der Waals surface area contributed by atoms with Gasteiger partial charge in [-0.05, 0) is 41.6 Å². The molecule has 0 nitrogen and oxygen atoms in total. The van der Waals surface area contributed by atoms with Crippen molar-refractivity contribution in [1.82, 2.24) is 0 Å². The van der Waals surface area contributed by atoms with Crippen molar-refractivity contribution in [3.05, 3.63) is 9.66 Å². The van der Waals surface area contributed by atoms with Crippen LogP contribution in [-0.2, 0) is 0 Å². The summed E-state index contributed by atoms with van der Waals surface area (Å²) in [5.41, 5.74) is 1.77. The average Bonchev–Trinajstić information content (AvgIpc) is 2.44. The predicted molar refractivity (Wildman–Crippen MR) is 47.6 cm³/mol. The molecule has 0 atom stereocenters. The minimum atomic E-state index is 1.01. The molecule has 2 bridgehead atoms. The Kier molecular flexibility index (Phi) is 1.55. The fourth-order valence-corrected chi connectivity index (χ4v) is 3.29. The molecular weight excluding hydrogens is 223 g/mol. The molecular formula is C8H11I. The molecule has 2 saturated carbocycles. The third kappa shape index (κ3) is 0.846. The van der Waals surface area contributed by atoms with E-state index in [1.54, 1.807) is 5.57 Å². The van der Waals surface area contributed by atoms with Crippen LogP contribution in [0.4, 0.5) is 0 Å². The highest BCUT2D eigenvalue weighted by molar-refractivity contribution is 14.1. The van der Waals surface area contributed by atoms with Crippen LogP contribution in [0.25, 0.3) is 0 Å². The molecule has 9 heavy (non-hydrogen) atoms. The maximum absolute atomic E-state index is 2.40. The van der Waals surface area contributed by atoms with E-state index in [-0.39, 0.29) is 0 Å². The molecule has 2 aliphatic carbocycles. The average molecular weight is 234 g/mol. The molecule has 2 fully saturated rings. The largest absolute Gasteiger partial charge is 0.0579 e. The van der Waals surface area contributed by atoms with Gasteiger partial charge in [-0.2, -0.15) is 0 Å². The van der Waals surface area contributed by atoms with Gasteiger partial charge in [-0.1, -0.05) is 28.2 Å². The molecule has 2 aliphatic rings. The van der Waals surface area contributed by atoms with Crippen molar-refractivity contribution in [2.45, 2.75) is 25.7 Å². The number of halogens is 1. The molecule has 1 heteroatoms. The van der Waals surface area contributed by atoms with E-state index in [2.05, 4.69) is 26.7 Å². The van der Waals surface area contributed by atoms with Crippen molar-refractivity contribution in [3.8, 4) is 0 Å². The monoisotopic (exact) mass is 234 g/mol. The zero-order chi connectivity index (χ0) is 6.27. The molecule has 0 aromatic heterocycles. The Morgan fingerprint density at radius 2 is 1.56 bits per heavy atom. The molecule has 0 radical (unpaired) electrons. The maximum atomic E-state index is 2.40. The second kappa shape index (κ2) is 2.26. The first kappa shape index (κ1) is 6.20. The summed E-state index contributed by atoms with van der Waals surface area (Å²) in [4.78, 5) is 0. The highest BCUT2D eigenvalue weighted by atomic mass is 127. The second-order valence-electron chi connectivity index (χ2n) is 3.16. The summed E-state index contributed by atoms with van der Waals surface area (Å²) in [5, 5.41) is 0. The minimum Gasteiger partial charge on any atom is -0.0579 e. The van der Waals surface area contributed by atoms with Gasteiger partial charge in [0.15, 0.2) is 0 Å². The minimum absolute atomic E-state index is 1.01. The molecule has 0 unspecified atom stereocenters. The second-order valence-corrected chi connectivity index (χ2v) is 3.78. The number of hydrogen-bond donors (Lipinski definition) is 0. The van der Waals surface area contributed by atoms with E-state index >= 15 is 0 Å². The van der Waals surface area contributed by atoms with Gasteiger partial charge in [0.2, 0.25) is 0 Å². The molecule has 0 heterocycles. The van der Waals surface area contributed by atoms with Gasteiger partial charge in [0.05, 0.1) is 0 Å². The van der Waals surface area contributed by atoms with Gasteiger partial charge in [-0.3, -0.25) is 0 Å². The lowest BCUT2D eigenvalue weighted by Crippen LogP contribution is -1.90. The topological polar surface area (TPSA) is 0 Å². The van der Waals surface area contributed by atoms with Gasteiger partial charge >= 0.3 is 0 Å². The zero-order valence-electron chi connectivity index (χ0n) is 5.44. The Bertz CT molecular complexity index is 127. The highest BCUT2D eigenvalue weighted by Crippen LogP contribution is 2.49. The van der Waals surface area contributed by atoms with E-state index in [4.69, 9.17) is 0 Å². The van der Waals surface area contributed by atoms with E-state index in [1.807, 2.05) is 0 Å². The standard InChI is InChI=1S/C8H11I/c9-5-8-6-1-2-7(8)4-3-6/h5-7H,1-4H2. The van der Waals surface area contributed by atoms with E-state index in [9.17, 15) is 0 Å². The molecule has 0 spiro atoms. The van der Waals surface area contributed by atoms with Crippen molar-refractivity contribution in [3.63, 3.8) is 0 Å². The van der Waals surface area contributed by atoms with E-state index in [1.165, 1.54) is 25.7 Å². The smallest absolute Gasteiger partial charge is 0.0192 e. The fraction of sp³-hybridized carbons (Fsp3) is 0.750. The Morgan fingerprint density at radius 3 is 1.78 bits per heavy atom. The Balaban J connectivity index is 2.26. The van der Waals surface area contributed by atoms with Crippen molar-refractivity contribution in [1.29, 1.82) is 0 Å². The summed E-state index contributed by atoms with van der Waals surface area (Å²) < 4.78 is 2.33. The van der Waals surface area contributed by atoms with Crippen LogP contribution < -0.4 is 0 Å². The lowest BCUT2D eigenvalue weighted by Gasteiger charge is -2.04. The summed E-state index contributed by atoms with van der Waals surface area (Å²) in [7, 11) is 0. The quantitative estimate of drug-likeness (QED) is 0.565. The zero-order valence-corrected chi connectivity index (χ0v) is 7.60. The van der Waals surface area contributed by atoms with E-state index in [0.717, 1.165) is 11.8 Å². The van der Waals surface area contributed by atoms with Crippen LogP contribution >= 0.6 is 22.6 Å². The number of allylic oxidation sites excluding steroid dienone is 1. The van der Waals surface area contributed by atoms with Crippen molar-refractivity contribution in [2.75, 3.05) is 0 Å². The fourth-order valence-electron chi connectivity index (χ4n) is 2.27. The van der Waals surface area contributed by atoms with E-state index < -0.39 is 0 Å². The van der Waals surface area contributed by atoms with Crippen LogP contribution in [-0.4, -0.2) is 0 Å². The number of rotatable bonds is 0. The SMILES string of the molecule is IC=C1C2CCC1CC2. The summed E-state index contributed by atoms with van der Waals surface area (Å²) in [6, 6.07) is 0. The third-order valence-corrected chi connectivity index (χ3v) is 3.52. The van der Waals surface area contributed by atoms with Gasteiger partial charge in [-0.25, -0.2) is 0 Å². The van der Waals surface area contributed by atoms with Gasteiger partial charge in [-0.15, -0.1) is 0 Å². The Hall–Kier alpha value is 0.470. The van der Waals surface area contributed by atoms with Gasteiger partial charge in [0.1, 0.15) is 0 Å². The van der Waals surface area contributed by atoms with Crippen LogP contribution in [0.5, 0.6) is 0 Å². The molecule has 0 saturated heterocycles. The summed E-state index contributed by atoms with van der Waals surface area (Å²) in [5.74, 6) is 2.01. The normalized spacial score (nSPS) is 39.9. The van der Waals surface area contributed by atoms with Crippen LogP contribution in [0.2, 0.25) is 0 Å². The summed E-state index contributed by atoms with van der Waals surface area (Å²) in [6.45, 7) is 0. The first-order chi connectivity index (χ1) is 4.42. The molecule has 2 rings (SSSR count). The maximum Gasteiger partial charge on any atom is -0.0192 e. The molecule has 0 aromatic rings. The lowest BCUT2D eigenvalue weighted by atomic mass is 10.0. The molecule has 50 valence electrons. The number of fused-ring (bicyclic) bond motifs is 2. The first-order valence-corrected chi connectivity index (χ1v) is 4.96. The molecule has 0 amide bonds. The first-order valence-electron chi connectivity index (χ1n) is 3.72. The predicted octanol–water partition coefficient (Wildman–Crippen LogP) is 3.13. The van der Waals surface area contributed by atoms with Crippen LogP contribution in [0.1, 0.15) is 25.7 Å². The lowest BCUT2D eigenvalue weighted by molar-refractivity contribution is 0.480. The van der Waals surface area contributed by atoms with Crippen LogP contribution in [0.15, 0.2) is 9.66 Å². The van der Waals surface area contributed by atoms with Crippen LogP contribution in [0.3, 0.4) is 0 Å². The summed E-state index contributed by atoms with van der Waals surface area (Å²) in [6.07, 6.45) is 5.94. The van der Waals surface area contributed by atoms with Gasteiger partial charge in [0.25, 0.3) is 0 Å². The Morgan fingerprint density at radius 1 is 1.11 bits per heavy atom. The van der Waals surface area contributed by atoms with Gasteiger partial charge < -0.3 is 0 Å². The molecule has 0 aliphatic heterocycles. The van der Waals surface area contributed by atoms with Crippen molar-refractivity contribution >= 4 is 22.6 Å². The molecule has 0 N–H and O–H groups in total. The van der Waals surface area contributed by atoms with Crippen molar-refractivity contribution < 1.29 is 0 Å². The number of hydrogen-bond acceptors (Lipinski definition) is 0.